The zero-order valence-corrected chi connectivity index (χ0v) is 14.8. The Balaban J connectivity index is 1.36. The molecule has 0 bridgehead atoms. The van der Waals surface area contributed by atoms with Crippen LogP contribution < -0.4 is 5.32 Å². The lowest BCUT2D eigenvalue weighted by Crippen LogP contribution is -2.29. The lowest BCUT2D eigenvalue weighted by molar-refractivity contribution is -0.122. The fraction of sp³-hybridized carbons (Fsp3) is 0.300. The normalized spacial score (nSPS) is 19.1. The molecule has 0 unspecified atom stereocenters. The summed E-state index contributed by atoms with van der Waals surface area (Å²) in [6.07, 6.45) is 0.878. The van der Waals surface area contributed by atoms with Crippen molar-refractivity contribution in [2.24, 2.45) is 5.92 Å². The molecule has 128 valence electrons. The molecule has 0 spiro atoms. The zero-order chi connectivity index (χ0) is 17.4. The smallest absolute Gasteiger partial charge is 0.223 e. The Morgan fingerprint density at radius 3 is 2.84 bits per heavy atom. The minimum absolute atomic E-state index is 0.0422. The summed E-state index contributed by atoms with van der Waals surface area (Å²) >= 11 is 6.23. The lowest BCUT2D eigenvalue weighted by Gasteiger charge is -2.09. The number of fused-ring (bicyclic) bond motifs is 1. The van der Waals surface area contributed by atoms with Crippen LogP contribution in [0.4, 0.5) is 0 Å². The number of halogens is 1. The second-order valence-corrected chi connectivity index (χ2v) is 6.97. The van der Waals surface area contributed by atoms with Gasteiger partial charge in [0.1, 0.15) is 5.82 Å². The van der Waals surface area contributed by atoms with Gasteiger partial charge in [0.05, 0.1) is 11.0 Å². The van der Waals surface area contributed by atoms with Crippen LogP contribution in [0.2, 0.25) is 5.02 Å². The van der Waals surface area contributed by atoms with Gasteiger partial charge in [-0.1, -0.05) is 41.9 Å². The summed E-state index contributed by atoms with van der Waals surface area (Å²) in [6.45, 7) is 3.32. The highest BCUT2D eigenvalue weighted by molar-refractivity contribution is 6.31. The summed E-state index contributed by atoms with van der Waals surface area (Å²) in [6, 6.07) is 15.9. The molecule has 2 atom stereocenters. The fourth-order valence-corrected chi connectivity index (χ4v) is 3.78. The van der Waals surface area contributed by atoms with Gasteiger partial charge in [-0.25, -0.2) is 4.98 Å². The standard InChI is InChI=1S/C20H20ClN3O/c1-13-23-18-8-4-5-9-19(18)24(13)11-10-22-20(25)16-12-15(16)14-6-2-3-7-17(14)21/h2-9,15-16H,10-12H2,1H3,(H,22,25)/t15-,16-/m1/s1. The maximum atomic E-state index is 12.4. The van der Waals surface area contributed by atoms with Crippen LogP contribution in [0, 0.1) is 12.8 Å². The molecule has 4 nitrogen and oxygen atoms in total. The molecule has 2 aromatic carbocycles. The van der Waals surface area contributed by atoms with Crippen LogP contribution in [0.5, 0.6) is 0 Å². The Morgan fingerprint density at radius 2 is 2.00 bits per heavy atom. The molecule has 1 fully saturated rings. The third kappa shape index (κ3) is 3.14. The van der Waals surface area contributed by atoms with E-state index in [0.717, 1.165) is 40.4 Å². The minimum Gasteiger partial charge on any atom is -0.354 e. The number of aryl methyl sites for hydroxylation is 1. The van der Waals surface area contributed by atoms with Gasteiger partial charge in [-0.05, 0) is 43.0 Å². The van der Waals surface area contributed by atoms with Gasteiger partial charge < -0.3 is 9.88 Å². The maximum Gasteiger partial charge on any atom is 0.223 e. The Kier molecular flexibility index (Phi) is 4.22. The second kappa shape index (κ2) is 6.52. The number of nitrogens with one attached hydrogen (secondary N) is 1. The van der Waals surface area contributed by atoms with Crippen molar-refractivity contribution in [2.45, 2.75) is 25.8 Å². The Hall–Kier alpha value is -2.33. The van der Waals surface area contributed by atoms with Gasteiger partial charge in [-0.3, -0.25) is 4.79 Å². The van der Waals surface area contributed by atoms with Gasteiger partial charge in [0.25, 0.3) is 0 Å². The largest absolute Gasteiger partial charge is 0.354 e. The molecule has 0 saturated heterocycles. The average Bonchev–Trinajstić information content (AvgIpc) is 3.34. The Bertz CT molecular complexity index is 934. The molecule has 1 heterocycles. The Morgan fingerprint density at radius 1 is 1.24 bits per heavy atom. The van der Waals surface area contributed by atoms with Crippen LogP contribution in [-0.2, 0) is 11.3 Å². The molecular formula is C20H20ClN3O. The number of benzene rings is 2. The van der Waals surface area contributed by atoms with E-state index in [2.05, 4.69) is 20.9 Å². The van der Waals surface area contributed by atoms with Crippen LogP contribution >= 0.6 is 11.6 Å². The van der Waals surface area contributed by atoms with Crippen molar-refractivity contribution in [3.05, 3.63) is 64.9 Å². The molecule has 1 N–H and O–H groups in total. The number of para-hydroxylation sites is 2. The molecule has 1 aliphatic rings. The van der Waals surface area contributed by atoms with E-state index in [1.165, 1.54) is 0 Å². The van der Waals surface area contributed by atoms with Gasteiger partial charge in [0, 0.05) is 24.0 Å². The van der Waals surface area contributed by atoms with Gasteiger partial charge in [-0.15, -0.1) is 0 Å². The van der Waals surface area contributed by atoms with Crippen molar-refractivity contribution in [2.75, 3.05) is 6.54 Å². The number of carbonyl (C=O) groups is 1. The van der Waals surface area contributed by atoms with E-state index in [-0.39, 0.29) is 17.7 Å². The van der Waals surface area contributed by atoms with Crippen LogP contribution in [-0.4, -0.2) is 22.0 Å². The summed E-state index contributed by atoms with van der Waals surface area (Å²) < 4.78 is 2.15. The predicted molar refractivity (Wildman–Crippen MR) is 99.8 cm³/mol. The number of rotatable bonds is 5. The number of amides is 1. The third-order valence-electron chi connectivity index (χ3n) is 4.91. The molecule has 1 aliphatic carbocycles. The topological polar surface area (TPSA) is 46.9 Å². The first kappa shape index (κ1) is 16.2. The second-order valence-electron chi connectivity index (χ2n) is 6.56. The van der Waals surface area contributed by atoms with Gasteiger partial charge in [0.15, 0.2) is 0 Å². The number of imidazole rings is 1. The van der Waals surface area contributed by atoms with Gasteiger partial charge in [0.2, 0.25) is 5.91 Å². The molecule has 4 rings (SSSR count). The summed E-state index contributed by atoms with van der Waals surface area (Å²) in [4.78, 5) is 17.0. The summed E-state index contributed by atoms with van der Waals surface area (Å²) in [5.74, 6) is 1.38. The van der Waals surface area contributed by atoms with Crippen LogP contribution in [0.25, 0.3) is 11.0 Å². The summed E-state index contributed by atoms with van der Waals surface area (Å²) in [7, 11) is 0. The predicted octanol–water partition coefficient (Wildman–Crippen LogP) is 3.92. The Labute approximate surface area is 151 Å². The first-order valence-corrected chi connectivity index (χ1v) is 8.97. The van der Waals surface area contributed by atoms with Crippen molar-refractivity contribution in [1.82, 2.24) is 14.9 Å². The van der Waals surface area contributed by atoms with E-state index < -0.39 is 0 Å². The molecular weight excluding hydrogens is 334 g/mol. The quantitative estimate of drug-likeness (QED) is 0.755. The van der Waals surface area contributed by atoms with E-state index >= 15 is 0 Å². The van der Waals surface area contributed by atoms with Crippen molar-refractivity contribution in [1.29, 1.82) is 0 Å². The van der Waals surface area contributed by atoms with E-state index in [1.807, 2.05) is 49.4 Å². The SMILES string of the molecule is Cc1nc2ccccc2n1CCNC(=O)[C@@H]1C[C@@H]1c1ccccc1Cl. The molecule has 5 heteroatoms. The molecule has 1 saturated carbocycles. The monoisotopic (exact) mass is 353 g/mol. The zero-order valence-electron chi connectivity index (χ0n) is 14.1. The fourth-order valence-electron chi connectivity index (χ4n) is 3.50. The number of hydrogen-bond acceptors (Lipinski definition) is 2. The number of carbonyl (C=O) groups excluding carboxylic acids is 1. The number of aromatic nitrogens is 2. The number of hydrogen-bond donors (Lipinski definition) is 1. The molecule has 1 amide bonds. The van der Waals surface area contributed by atoms with Crippen LogP contribution in [0.15, 0.2) is 48.5 Å². The van der Waals surface area contributed by atoms with E-state index in [0.29, 0.717) is 6.54 Å². The molecule has 0 aliphatic heterocycles. The van der Waals surface area contributed by atoms with Gasteiger partial charge >= 0.3 is 0 Å². The average molecular weight is 354 g/mol. The highest BCUT2D eigenvalue weighted by Crippen LogP contribution is 2.49. The van der Waals surface area contributed by atoms with Crippen molar-refractivity contribution < 1.29 is 4.79 Å². The van der Waals surface area contributed by atoms with Crippen LogP contribution in [0.1, 0.15) is 23.7 Å². The number of nitrogens with zero attached hydrogens (tertiary/aromatic N) is 2. The lowest BCUT2D eigenvalue weighted by atomic mass is 10.1. The summed E-state index contributed by atoms with van der Waals surface area (Å²) in [5.41, 5.74) is 3.18. The van der Waals surface area contributed by atoms with Gasteiger partial charge in [-0.2, -0.15) is 0 Å². The molecule has 0 radical (unpaired) electrons. The van der Waals surface area contributed by atoms with Crippen LogP contribution in [0.3, 0.4) is 0 Å². The minimum atomic E-state index is 0.0422. The third-order valence-corrected chi connectivity index (χ3v) is 5.26. The molecule has 3 aromatic rings. The van der Waals surface area contributed by atoms with Crippen molar-refractivity contribution >= 4 is 28.5 Å². The molecule has 25 heavy (non-hydrogen) atoms. The maximum absolute atomic E-state index is 12.4. The van der Waals surface area contributed by atoms with E-state index in [4.69, 9.17) is 11.6 Å². The van der Waals surface area contributed by atoms with E-state index in [1.54, 1.807) is 0 Å². The highest BCUT2D eigenvalue weighted by atomic mass is 35.5. The molecule has 1 aromatic heterocycles. The van der Waals surface area contributed by atoms with Crippen molar-refractivity contribution in [3.63, 3.8) is 0 Å². The highest BCUT2D eigenvalue weighted by Gasteiger charge is 2.44. The van der Waals surface area contributed by atoms with E-state index in [9.17, 15) is 4.79 Å². The summed E-state index contributed by atoms with van der Waals surface area (Å²) in [5, 5.41) is 3.82. The first-order valence-electron chi connectivity index (χ1n) is 8.59. The van der Waals surface area contributed by atoms with Crippen molar-refractivity contribution in [3.8, 4) is 0 Å². The first-order chi connectivity index (χ1) is 12.1.